The van der Waals surface area contributed by atoms with Gasteiger partial charge in [-0.05, 0) is 29.3 Å². The molecule has 0 bridgehead atoms. The van der Waals surface area contributed by atoms with Crippen molar-refractivity contribution in [1.82, 2.24) is 4.90 Å². The minimum absolute atomic E-state index is 0.0247. The maximum Gasteiger partial charge on any atom is 0.416 e. The molecule has 0 fully saturated rings. The molecule has 0 aliphatic heterocycles. The average Bonchev–Trinajstić information content (AvgIpc) is 2.68. The summed E-state index contributed by atoms with van der Waals surface area (Å²) in [6.45, 7) is 0.621. The van der Waals surface area contributed by atoms with E-state index in [0.29, 0.717) is 13.1 Å². The summed E-state index contributed by atoms with van der Waals surface area (Å²) in [5, 5.41) is 0. The van der Waals surface area contributed by atoms with Gasteiger partial charge in [0.25, 0.3) is 5.91 Å². The number of hydrogen-bond acceptors (Lipinski definition) is 1. The van der Waals surface area contributed by atoms with Gasteiger partial charge in [0, 0.05) is 18.7 Å². The Balaban J connectivity index is 1.90. The molecule has 2 nitrogen and oxygen atoms in total. The fraction of sp³-hybridized carbons (Fsp3) is 0.136. The number of hydrogen-bond donors (Lipinski definition) is 0. The zero-order valence-electron chi connectivity index (χ0n) is 14.5. The van der Waals surface area contributed by atoms with Crippen molar-refractivity contribution in [3.05, 3.63) is 107 Å². The van der Waals surface area contributed by atoms with Gasteiger partial charge in [0.1, 0.15) is 0 Å². The van der Waals surface area contributed by atoms with E-state index in [0.717, 1.165) is 23.3 Å². The fourth-order valence-corrected chi connectivity index (χ4v) is 2.82. The van der Waals surface area contributed by atoms with Crippen molar-refractivity contribution >= 4 is 5.91 Å². The van der Waals surface area contributed by atoms with Crippen LogP contribution in [0, 0.1) is 0 Å². The first kappa shape index (κ1) is 18.7. The maximum atomic E-state index is 13.0. The highest BCUT2D eigenvalue weighted by atomic mass is 19.4. The Morgan fingerprint density at radius 1 is 0.741 bits per heavy atom. The van der Waals surface area contributed by atoms with Crippen LogP contribution in [0.3, 0.4) is 0 Å². The Bertz CT molecular complexity index is 851. The molecule has 3 aromatic carbocycles. The predicted octanol–water partition coefficient (Wildman–Crippen LogP) is 5.55. The van der Waals surface area contributed by atoms with Gasteiger partial charge in [-0.25, -0.2) is 0 Å². The van der Waals surface area contributed by atoms with Gasteiger partial charge in [-0.3, -0.25) is 4.79 Å². The van der Waals surface area contributed by atoms with Gasteiger partial charge >= 0.3 is 6.18 Å². The maximum absolute atomic E-state index is 13.0. The first-order valence-corrected chi connectivity index (χ1v) is 8.48. The first-order valence-electron chi connectivity index (χ1n) is 8.48. The lowest BCUT2D eigenvalue weighted by molar-refractivity contribution is -0.137. The van der Waals surface area contributed by atoms with E-state index in [9.17, 15) is 18.0 Å². The van der Waals surface area contributed by atoms with Gasteiger partial charge in [-0.2, -0.15) is 13.2 Å². The van der Waals surface area contributed by atoms with Crippen LogP contribution in [0.1, 0.15) is 27.0 Å². The second kappa shape index (κ2) is 8.08. The quantitative estimate of drug-likeness (QED) is 0.578. The normalized spacial score (nSPS) is 11.2. The van der Waals surface area contributed by atoms with Crippen LogP contribution in [0.15, 0.2) is 84.9 Å². The van der Waals surface area contributed by atoms with E-state index >= 15 is 0 Å². The van der Waals surface area contributed by atoms with Crippen LogP contribution in [-0.4, -0.2) is 10.8 Å². The van der Waals surface area contributed by atoms with Crippen LogP contribution in [0.5, 0.6) is 0 Å². The van der Waals surface area contributed by atoms with E-state index in [1.54, 1.807) is 4.90 Å². The van der Waals surface area contributed by atoms with Crippen LogP contribution >= 0.6 is 0 Å². The fourth-order valence-electron chi connectivity index (χ4n) is 2.82. The Morgan fingerprint density at radius 3 is 1.74 bits per heavy atom. The van der Waals surface area contributed by atoms with Crippen molar-refractivity contribution in [2.24, 2.45) is 0 Å². The molecule has 138 valence electrons. The molecule has 0 saturated heterocycles. The van der Waals surface area contributed by atoms with E-state index in [2.05, 4.69) is 0 Å². The molecule has 3 rings (SSSR count). The topological polar surface area (TPSA) is 20.3 Å². The van der Waals surface area contributed by atoms with Crippen molar-refractivity contribution in [1.29, 1.82) is 0 Å². The summed E-state index contributed by atoms with van der Waals surface area (Å²) >= 11 is 0. The van der Waals surface area contributed by atoms with E-state index in [-0.39, 0.29) is 5.56 Å². The van der Waals surface area contributed by atoms with Gasteiger partial charge in [0.05, 0.1) is 5.56 Å². The molecule has 3 aromatic rings. The molecule has 27 heavy (non-hydrogen) atoms. The molecule has 0 aliphatic carbocycles. The van der Waals surface area contributed by atoms with Crippen molar-refractivity contribution in [3.63, 3.8) is 0 Å². The van der Waals surface area contributed by atoms with Gasteiger partial charge in [-0.15, -0.1) is 0 Å². The number of alkyl halides is 3. The van der Waals surface area contributed by atoms with Crippen LogP contribution < -0.4 is 0 Å². The highest BCUT2D eigenvalue weighted by Gasteiger charge is 2.31. The molecule has 0 aliphatic rings. The lowest BCUT2D eigenvalue weighted by Crippen LogP contribution is -2.30. The van der Waals surface area contributed by atoms with Gasteiger partial charge < -0.3 is 4.90 Å². The number of carbonyl (C=O) groups excluding carboxylic acids is 1. The molecule has 0 N–H and O–H groups in total. The molecule has 0 atom stereocenters. The molecule has 1 amide bonds. The van der Waals surface area contributed by atoms with Gasteiger partial charge in [0.15, 0.2) is 0 Å². The Morgan fingerprint density at radius 2 is 1.26 bits per heavy atom. The van der Waals surface area contributed by atoms with Crippen molar-refractivity contribution in [2.45, 2.75) is 19.3 Å². The highest BCUT2D eigenvalue weighted by Crippen LogP contribution is 2.30. The summed E-state index contributed by atoms with van der Waals surface area (Å²) in [4.78, 5) is 14.5. The van der Waals surface area contributed by atoms with Crippen LogP contribution in [0.4, 0.5) is 13.2 Å². The van der Waals surface area contributed by atoms with E-state index in [1.807, 2.05) is 60.7 Å². The Kier molecular flexibility index (Phi) is 5.60. The molecule has 0 saturated carbocycles. The molecular weight excluding hydrogens is 351 g/mol. The molecule has 0 aromatic heterocycles. The van der Waals surface area contributed by atoms with Gasteiger partial charge in [0.2, 0.25) is 0 Å². The third-order valence-electron chi connectivity index (χ3n) is 4.16. The molecule has 0 unspecified atom stereocenters. The average molecular weight is 369 g/mol. The van der Waals surface area contributed by atoms with E-state index < -0.39 is 17.6 Å². The molecular formula is C22H18F3NO. The lowest BCUT2D eigenvalue weighted by atomic mass is 10.1. The number of amides is 1. The van der Waals surface area contributed by atoms with Crippen molar-refractivity contribution in [3.8, 4) is 0 Å². The monoisotopic (exact) mass is 369 g/mol. The molecule has 0 heterocycles. The van der Waals surface area contributed by atoms with Crippen molar-refractivity contribution in [2.75, 3.05) is 0 Å². The molecule has 5 heteroatoms. The smallest absolute Gasteiger partial charge is 0.330 e. The van der Waals surface area contributed by atoms with Crippen molar-refractivity contribution < 1.29 is 18.0 Å². The molecule has 0 radical (unpaired) electrons. The van der Waals surface area contributed by atoms with E-state index in [4.69, 9.17) is 0 Å². The predicted molar refractivity (Wildman–Crippen MR) is 97.9 cm³/mol. The summed E-state index contributed by atoms with van der Waals surface area (Å²) in [6, 6.07) is 23.3. The summed E-state index contributed by atoms with van der Waals surface area (Å²) in [7, 11) is 0. The van der Waals surface area contributed by atoms with Crippen LogP contribution in [0.25, 0.3) is 0 Å². The highest BCUT2D eigenvalue weighted by molar-refractivity contribution is 5.94. The standard InChI is InChI=1S/C22H18F3NO/c23-22(24,25)20-13-7-12-19(14-20)21(27)26(15-17-8-3-1-4-9-17)16-18-10-5-2-6-11-18/h1-14H,15-16H2. The SMILES string of the molecule is O=C(c1cccc(C(F)(F)F)c1)N(Cc1ccccc1)Cc1ccccc1. The second-order valence-electron chi connectivity index (χ2n) is 6.21. The number of halogens is 3. The summed E-state index contributed by atoms with van der Waals surface area (Å²) in [5.74, 6) is -0.436. The van der Waals surface area contributed by atoms with Gasteiger partial charge in [-0.1, -0.05) is 66.7 Å². The number of rotatable bonds is 5. The summed E-state index contributed by atoms with van der Waals surface area (Å²) < 4.78 is 39.0. The minimum Gasteiger partial charge on any atom is -0.330 e. The third kappa shape index (κ3) is 4.97. The first-order chi connectivity index (χ1) is 12.9. The summed E-state index contributed by atoms with van der Waals surface area (Å²) in [5.41, 5.74) is 1.02. The number of benzene rings is 3. The third-order valence-corrected chi connectivity index (χ3v) is 4.16. The zero-order valence-corrected chi connectivity index (χ0v) is 14.5. The zero-order chi connectivity index (χ0) is 19.3. The largest absolute Gasteiger partial charge is 0.416 e. The summed E-state index contributed by atoms with van der Waals surface area (Å²) in [6.07, 6.45) is -4.49. The number of nitrogens with zero attached hydrogens (tertiary/aromatic N) is 1. The van der Waals surface area contributed by atoms with Crippen LogP contribution in [0.2, 0.25) is 0 Å². The second-order valence-corrected chi connectivity index (χ2v) is 6.21. The Labute approximate surface area is 155 Å². The number of carbonyl (C=O) groups is 1. The minimum atomic E-state index is -4.49. The Hall–Kier alpha value is -3.08. The lowest BCUT2D eigenvalue weighted by Gasteiger charge is -2.23. The molecule has 0 spiro atoms. The van der Waals surface area contributed by atoms with E-state index in [1.165, 1.54) is 12.1 Å². The van der Waals surface area contributed by atoms with Crippen LogP contribution in [-0.2, 0) is 19.3 Å².